The van der Waals surface area contributed by atoms with Crippen LogP contribution in [0.3, 0.4) is 0 Å². The second kappa shape index (κ2) is 7.75. The number of nitro groups is 1. The van der Waals surface area contributed by atoms with Crippen LogP contribution in [-0.4, -0.2) is 45.7 Å². The van der Waals surface area contributed by atoms with Crippen molar-refractivity contribution in [1.82, 2.24) is 9.55 Å². The first-order valence-electron chi connectivity index (χ1n) is 8.69. The largest absolute Gasteiger partial charge is 0.465 e. The maximum Gasteiger partial charge on any atom is 0.344 e. The topological polar surface area (TPSA) is 111 Å². The van der Waals surface area contributed by atoms with E-state index in [1.807, 2.05) is 11.9 Å². The Hall–Kier alpha value is -2.94. The second-order valence-corrected chi connectivity index (χ2v) is 6.64. The van der Waals surface area contributed by atoms with E-state index in [9.17, 15) is 20.0 Å². The van der Waals surface area contributed by atoms with Crippen LogP contribution in [-0.2, 0) is 11.8 Å². The molecule has 2 atom stereocenters. The van der Waals surface area contributed by atoms with Gasteiger partial charge in [-0.15, -0.1) is 0 Å². The Morgan fingerprint density at radius 3 is 2.89 bits per heavy atom. The number of aliphatic hydroxyl groups is 1. The number of hydrogen-bond acceptors (Lipinski definition) is 7. The minimum absolute atomic E-state index is 0.0309. The molecule has 3 rings (SSSR count). The van der Waals surface area contributed by atoms with E-state index in [4.69, 9.17) is 0 Å². The fourth-order valence-corrected chi connectivity index (χ4v) is 3.53. The summed E-state index contributed by atoms with van der Waals surface area (Å²) in [7, 11) is 3.03. The van der Waals surface area contributed by atoms with Gasteiger partial charge in [-0.3, -0.25) is 10.1 Å². The summed E-state index contributed by atoms with van der Waals surface area (Å²) in [4.78, 5) is 28.8. The number of rotatable bonds is 5. The molecule has 2 heterocycles. The zero-order valence-corrected chi connectivity index (χ0v) is 15.2. The van der Waals surface area contributed by atoms with Gasteiger partial charge in [0.15, 0.2) is 0 Å². The molecule has 0 spiro atoms. The van der Waals surface area contributed by atoms with Gasteiger partial charge in [-0.2, -0.15) is 0 Å². The first-order valence-corrected chi connectivity index (χ1v) is 8.69. The lowest BCUT2D eigenvalue weighted by Crippen LogP contribution is -2.38. The Balaban J connectivity index is 1.84. The van der Waals surface area contributed by atoms with Crippen LogP contribution in [0.5, 0.6) is 0 Å². The second-order valence-electron chi connectivity index (χ2n) is 6.64. The zero-order chi connectivity index (χ0) is 19.6. The number of carbonyl (C=O) groups excluding carboxylic acids is 1. The number of benzene rings is 1. The van der Waals surface area contributed by atoms with Crippen LogP contribution in [0.1, 0.15) is 35.1 Å². The van der Waals surface area contributed by atoms with Crippen molar-refractivity contribution in [2.75, 3.05) is 25.1 Å². The predicted octanol–water partition coefficient (Wildman–Crippen LogP) is 2.06. The van der Waals surface area contributed by atoms with Crippen molar-refractivity contribution in [1.29, 1.82) is 0 Å². The maximum atomic E-state index is 11.9. The first-order chi connectivity index (χ1) is 12.9. The molecule has 1 aromatic carbocycles. The number of anilines is 1. The number of methoxy groups -OCH3 is 1. The van der Waals surface area contributed by atoms with Gasteiger partial charge in [0.25, 0.3) is 5.69 Å². The summed E-state index contributed by atoms with van der Waals surface area (Å²) in [5.41, 5.74) is 0.330. The molecule has 1 aromatic heterocycles. The van der Waals surface area contributed by atoms with Gasteiger partial charge in [0.05, 0.1) is 12.0 Å². The number of aryl methyl sites for hydroxylation is 1. The monoisotopic (exact) mass is 374 g/mol. The SMILES string of the molecule is COC(=O)c1cc(N2CCCC(C(O)c3nccn3C)C2)ccc1[N+](=O)[O-]. The number of carbonyl (C=O) groups is 1. The highest BCUT2D eigenvalue weighted by atomic mass is 16.6. The molecule has 1 aliphatic heterocycles. The molecule has 27 heavy (non-hydrogen) atoms. The number of piperidine rings is 1. The van der Waals surface area contributed by atoms with Crippen LogP contribution in [0.15, 0.2) is 30.6 Å². The number of imidazole rings is 1. The summed E-state index contributed by atoms with van der Waals surface area (Å²) in [6.07, 6.45) is 4.44. The third-order valence-corrected chi connectivity index (χ3v) is 4.97. The zero-order valence-electron chi connectivity index (χ0n) is 15.2. The van der Waals surface area contributed by atoms with E-state index in [0.717, 1.165) is 19.4 Å². The minimum atomic E-state index is -0.745. The molecule has 1 N–H and O–H groups in total. The van der Waals surface area contributed by atoms with E-state index in [0.29, 0.717) is 18.1 Å². The molecule has 1 saturated heterocycles. The number of nitrogens with zero attached hydrogens (tertiary/aromatic N) is 4. The van der Waals surface area contributed by atoms with Crippen LogP contribution < -0.4 is 4.90 Å². The van der Waals surface area contributed by atoms with Gasteiger partial charge in [0, 0.05) is 50.2 Å². The summed E-state index contributed by atoms with van der Waals surface area (Å²) in [5, 5.41) is 21.9. The van der Waals surface area contributed by atoms with Crippen molar-refractivity contribution in [2.45, 2.75) is 18.9 Å². The number of ether oxygens (including phenoxy) is 1. The quantitative estimate of drug-likeness (QED) is 0.484. The Kier molecular flexibility index (Phi) is 5.41. The van der Waals surface area contributed by atoms with E-state index < -0.39 is 17.0 Å². The lowest BCUT2D eigenvalue weighted by Gasteiger charge is -2.36. The van der Waals surface area contributed by atoms with Crippen LogP contribution in [0.4, 0.5) is 11.4 Å². The molecule has 0 amide bonds. The van der Waals surface area contributed by atoms with Crippen molar-refractivity contribution in [2.24, 2.45) is 13.0 Å². The first kappa shape index (κ1) is 18.8. The smallest absolute Gasteiger partial charge is 0.344 e. The van der Waals surface area contributed by atoms with Gasteiger partial charge in [0.2, 0.25) is 0 Å². The van der Waals surface area contributed by atoms with E-state index in [1.54, 1.807) is 23.0 Å². The Morgan fingerprint density at radius 1 is 1.48 bits per heavy atom. The lowest BCUT2D eigenvalue weighted by molar-refractivity contribution is -0.385. The van der Waals surface area contributed by atoms with E-state index >= 15 is 0 Å². The molecule has 1 fully saturated rings. The van der Waals surface area contributed by atoms with E-state index in [2.05, 4.69) is 9.72 Å². The highest BCUT2D eigenvalue weighted by Gasteiger charge is 2.30. The van der Waals surface area contributed by atoms with Gasteiger partial charge in [-0.1, -0.05) is 0 Å². The molecule has 0 radical (unpaired) electrons. The van der Waals surface area contributed by atoms with Crippen molar-refractivity contribution < 1.29 is 19.6 Å². The average Bonchev–Trinajstić information content (AvgIpc) is 3.12. The summed E-state index contributed by atoms with van der Waals surface area (Å²) in [6, 6.07) is 4.43. The molecule has 144 valence electrons. The maximum absolute atomic E-state index is 11.9. The average molecular weight is 374 g/mol. The Morgan fingerprint density at radius 2 is 2.26 bits per heavy atom. The van der Waals surface area contributed by atoms with Gasteiger partial charge in [-0.05, 0) is 25.0 Å². The Bertz CT molecular complexity index is 850. The Labute approximate surface area is 156 Å². The summed E-state index contributed by atoms with van der Waals surface area (Å²) >= 11 is 0. The molecule has 9 heteroatoms. The predicted molar refractivity (Wildman–Crippen MR) is 97.5 cm³/mol. The third kappa shape index (κ3) is 3.77. The van der Waals surface area contributed by atoms with Crippen LogP contribution in [0.2, 0.25) is 0 Å². The molecule has 1 aliphatic rings. The third-order valence-electron chi connectivity index (χ3n) is 4.97. The molecule has 0 saturated carbocycles. The van der Waals surface area contributed by atoms with Crippen LogP contribution in [0, 0.1) is 16.0 Å². The summed E-state index contributed by atoms with van der Waals surface area (Å²) in [6.45, 7) is 1.30. The molecule has 2 aromatic rings. The molecular weight excluding hydrogens is 352 g/mol. The molecule has 0 aliphatic carbocycles. The summed E-state index contributed by atoms with van der Waals surface area (Å²) < 4.78 is 6.47. The fraction of sp³-hybridized carbons (Fsp3) is 0.444. The van der Waals surface area contributed by atoms with E-state index in [-0.39, 0.29) is 17.2 Å². The number of aromatic nitrogens is 2. The van der Waals surface area contributed by atoms with Gasteiger partial charge in [-0.25, -0.2) is 9.78 Å². The summed E-state index contributed by atoms with van der Waals surface area (Å²) in [5.74, 6) is -0.164. The van der Waals surface area contributed by atoms with E-state index in [1.165, 1.54) is 19.2 Å². The standard InChI is InChI=1S/C18H22N4O5/c1-20-9-7-19-17(20)16(23)12-4-3-8-21(11-12)13-5-6-15(22(25)26)14(10-13)18(24)27-2/h5-7,9-10,12,16,23H,3-4,8,11H2,1-2H3. The number of esters is 1. The molecule has 0 bridgehead atoms. The molecular formula is C18H22N4O5. The van der Waals surface area contributed by atoms with Crippen molar-refractivity contribution in [3.05, 3.63) is 52.1 Å². The minimum Gasteiger partial charge on any atom is -0.465 e. The number of hydrogen-bond donors (Lipinski definition) is 1. The number of nitro benzene ring substituents is 1. The van der Waals surface area contributed by atoms with Gasteiger partial charge >= 0.3 is 5.97 Å². The van der Waals surface area contributed by atoms with Gasteiger partial charge in [0.1, 0.15) is 17.5 Å². The highest BCUT2D eigenvalue weighted by molar-refractivity contribution is 5.95. The lowest BCUT2D eigenvalue weighted by atomic mass is 9.91. The normalized spacial score (nSPS) is 18.2. The van der Waals surface area contributed by atoms with Crippen molar-refractivity contribution in [3.63, 3.8) is 0 Å². The fourth-order valence-electron chi connectivity index (χ4n) is 3.53. The number of aliphatic hydroxyl groups excluding tert-OH is 1. The molecule has 9 nitrogen and oxygen atoms in total. The van der Waals surface area contributed by atoms with Gasteiger partial charge < -0.3 is 19.3 Å². The molecule has 2 unspecified atom stereocenters. The van der Waals surface area contributed by atoms with Crippen molar-refractivity contribution >= 4 is 17.3 Å². The van der Waals surface area contributed by atoms with Crippen LogP contribution in [0.25, 0.3) is 0 Å². The highest BCUT2D eigenvalue weighted by Crippen LogP contribution is 2.33. The van der Waals surface area contributed by atoms with Crippen molar-refractivity contribution in [3.8, 4) is 0 Å². The van der Waals surface area contributed by atoms with Crippen LogP contribution >= 0.6 is 0 Å².